The standard InChI is InChI=1S/C24H23N5O3/c1-23(2,3)31-22(30)29-13-11-17-14-24(17,29)21-27-20(28-32-21)19-10-8-16(15-26-19)7-9-18-6-4-5-12-25-18/h4-6,8,10,12,15,17H,11,13-14H2,1-3H3. The first-order chi connectivity index (χ1) is 15.3. The van der Waals surface area contributed by atoms with Crippen LogP contribution in [0.15, 0.2) is 47.2 Å². The molecule has 162 valence electrons. The van der Waals surface area contributed by atoms with Crippen molar-refractivity contribution in [2.75, 3.05) is 6.54 Å². The summed E-state index contributed by atoms with van der Waals surface area (Å²) in [6, 6.07) is 9.26. The van der Waals surface area contributed by atoms with Crippen LogP contribution in [0.2, 0.25) is 0 Å². The molecule has 8 nitrogen and oxygen atoms in total. The Kier molecular flexibility index (Phi) is 4.70. The molecule has 32 heavy (non-hydrogen) atoms. The third-order valence-electron chi connectivity index (χ3n) is 5.66. The molecule has 8 heteroatoms. The fourth-order valence-electron chi connectivity index (χ4n) is 4.10. The van der Waals surface area contributed by atoms with Gasteiger partial charge in [-0.3, -0.25) is 9.88 Å². The van der Waals surface area contributed by atoms with Gasteiger partial charge in [-0.1, -0.05) is 17.1 Å². The van der Waals surface area contributed by atoms with Gasteiger partial charge < -0.3 is 9.26 Å². The van der Waals surface area contributed by atoms with Crippen LogP contribution < -0.4 is 0 Å². The molecule has 1 aliphatic carbocycles. The Morgan fingerprint density at radius 1 is 1.22 bits per heavy atom. The second-order valence-corrected chi connectivity index (χ2v) is 9.07. The molecule has 3 aromatic rings. The van der Waals surface area contributed by atoms with Gasteiger partial charge in [-0.2, -0.15) is 4.98 Å². The summed E-state index contributed by atoms with van der Waals surface area (Å²) < 4.78 is 11.2. The lowest BCUT2D eigenvalue weighted by Gasteiger charge is -2.29. The summed E-state index contributed by atoms with van der Waals surface area (Å²) in [5.41, 5.74) is 0.927. The maximum absolute atomic E-state index is 12.7. The highest BCUT2D eigenvalue weighted by atomic mass is 16.6. The zero-order chi connectivity index (χ0) is 22.3. The Bertz CT molecular complexity index is 1200. The molecule has 5 rings (SSSR count). The molecule has 4 heterocycles. The summed E-state index contributed by atoms with van der Waals surface area (Å²) in [4.78, 5) is 27.7. The van der Waals surface area contributed by atoms with Gasteiger partial charge in [-0.15, -0.1) is 0 Å². The lowest BCUT2D eigenvalue weighted by Crippen LogP contribution is -2.42. The number of pyridine rings is 2. The van der Waals surface area contributed by atoms with E-state index in [1.165, 1.54) is 0 Å². The quantitative estimate of drug-likeness (QED) is 0.572. The van der Waals surface area contributed by atoms with Crippen molar-refractivity contribution in [1.82, 2.24) is 25.0 Å². The van der Waals surface area contributed by atoms with Gasteiger partial charge >= 0.3 is 6.09 Å². The van der Waals surface area contributed by atoms with E-state index >= 15 is 0 Å². The normalized spacial score (nSPS) is 21.5. The predicted octanol–water partition coefficient (Wildman–Crippen LogP) is 3.78. The average molecular weight is 429 g/mol. The van der Waals surface area contributed by atoms with Crippen LogP contribution in [0.4, 0.5) is 4.79 Å². The van der Waals surface area contributed by atoms with E-state index in [4.69, 9.17) is 9.26 Å². The number of ether oxygens (including phenoxy) is 1. The highest BCUT2D eigenvalue weighted by Crippen LogP contribution is 2.62. The largest absolute Gasteiger partial charge is 0.444 e. The van der Waals surface area contributed by atoms with Crippen LogP contribution in [0, 0.1) is 17.8 Å². The number of nitrogens with zero attached hydrogens (tertiary/aromatic N) is 5. The lowest BCUT2D eigenvalue weighted by atomic mass is 10.2. The monoisotopic (exact) mass is 429 g/mol. The van der Waals surface area contributed by atoms with Gasteiger partial charge in [0.05, 0.1) is 0 Å². The maximum Gasteiger partial charge on any atom is 0.411 e. The number of fused-ring (bicyclic) bond motifs is 1. The van der Waals surface area contributed by atoms with E-state index < -0.39 is 11.1 Å². The van der Waals surface area contributed by atoms with Crippen molar-refractivity contribution < 1.29 is 14.1 Å². The van der Waals surface area contributed by atoms with E-state index in [2.05, 4.69) is 31.9 Å². The zero-order valence-corrected chi connectivity index (χ0v) is 18.2. The molecule has 1 saturated heterocycles. The summed E-state index contributed by atoms with van der Waals surface area (Å²) >= 11 is 0. The van der Waals surface area contributed by atoms with Gasteiger partial charge in [0.25, 0.3) is 5.89 Å². The van der Waals surface area contributed by atoms with Gasteiger partial charge in [0.15, 0.2) is 0 Å². The van der Waals surface area contributed by atoms with Crippen molar-refractivity contribution in [3.05, 3.63) is 59.9 Å². The second kappa shape index (κ2) is 7.45. The number of hydrogen-bond donors (Lipinski definition) is 0. The number of aromatic nitrogens is 4. The number of hydrogen-bond acceptors (Lipinski definition) is 7. The van der Waals surface area contributed by atoms with Gasteiger partial charge in [0.2, 0.25) is 5.82 Å². The fraction of sp³-hybridized carbons (Fsp3) is 0.375. The van der Waals surface area contributed by atoms with Crippen LogP contribution in [0.25, 0.3) is 11.5 Å². The SMILES string of the molecule is CC(C)(C)OC(=O)N1CCC2CC21c1nc(-c2ccc(C#Cc3ccccn3)cn2)no1. The van der Waals surface area contributed by atoms with Crippen molar-refractivity contribution in [3.63, 3.8) is 0 Å². The Balaban J connectivity index is 1.34. The van der Waals surface area contributed by atoms with Crippen molar-refractivity contribution >= 4 is 6.09 Å². The summed E-state index contributed by atoms with van der Waals surface area (Å²) in [6.07, 6.45) is 4.74. The van der Waals surface area contributed by atoms with E-state index in [-0.39, 0.29) is 6.09 Å². The molecule has 0 bridgehead atoms. The van der Waals surface area contributed by atoms with E-state index in [1.807, 2.05) is 45.0 Å². The Hall–Kier alpha value is -3.73. The van der Waals surface area contributed by atoms with Crippen molar-refractivity contribution in [2.45, 2.75) is 44.8 Å². The third kappa shape index (κ3) is 3.71. The molecule has 0 spiro atoms. The highest BCUT2D eigenvalue weighted by Gasteiger charge is 2.68. The van der Waals surface area contributed by atoms with Crippen LogP contribution in [-0.4, -0.2) is 43.2 Å². The molecular formula is C24H23N5O3. The van der Waals surface area contributed by atoms with Gasteiger partial charge in [0, 0.05) is 24.5 Å². The molecule has 0 N–H and O–H groups in total. The molecule has 3 aromatic heterocycles. The van der Waals surface area contributed by atoms with E-state index in [9.17, 15) is 4.79 Å². The molecule has 0 aromatic carbocycles. The Morgan fingerprint density at radius 3 is 2.78 bits per heavy atom. The molecular weight excluding hydrogens is 406 g/mol. The smallest absolute Gasteiger partial charge is 0.411 e. The van der Waals surface area contributed by atoms with Gasteiger partial charge in [-0.25, -0.2) is 9.78 Å². The van der Waals surface area contributed by atoms with Crippen LogP contribution in [0.5, 0.6) is 0 Å². The predicted molar refractivity (Wildman–Crippen MR) is 115 cm³/mol. The molecule has 2 unspecified atom stereocenters. The number of likely N-dealkylation sites (tertiary alicyclic amines) is 1. The molecule has 2 atom stereocenters. The molecule has 1 aliphatic heterocycles. The maximum atomic E-state index is 12.7. The Labute approximate surface area is 186 Å². The summed E-state index contributed by atoms with van der Waals surface area (Å²) in [5, 5.41) is 4.12. The minimum absolute atomic E-state index is 0.320. The van der Waals surface area contributed by atoms with Crippen molar-refractivity contribution in [3.8, 4) is 23.4 Å². The highest BCUT2D eigenvalue weighted by molar-refractivity contribution is 5.71. The molecule has 0 radical (unpaired) electrons. The van der Waals surface area contributed by atoms with Crippen LogP contribution in [-0.2, 0) is 10.3 Å². The number of carbonyl (C=O) groups is 1. The molecule has 2 aliphatic rings. The minimum atomic E-state index is -0.559. The Morgan fingerprint density at radius 2 is 2.09 bits per heavy atom. The summed E-state index contributed by atoms with van der Waals surface area (Å²) in [6.45, 7) is 6.20. The average Bonchev–Trinajstić information content (AvgIpc) is 3.12. The van der Waals surface area contributed by atoms with Crippen LogP contribution in [0.3, 0.4) is 0 Å². The van der Waals surface area contributed by atoms with Crippen molar-refractivity contribution in [2.24, 2.45) is 5.92 Å². The fourth-order valence-corrected chi connectivity index (χ4v) is 4.10. The summed E-state index contributed by atoms with van der Waals surface area (Å²) in [5.74, 6) is 7.20. The van der Waals surface area contributed by atoms with Gasteiger partial charge in [0.1, 0.15) is 22.5 Å². The summed E-state index contributed by atoms with van der Waals surface area (Å²) in [7, 11) is 0. The third-order valence-corrected chi connectivity index (χ3v) is 5.66. The van der Waals surface area contributed by atoms with E-state index in [0.717, 1.165) is 18.4 Å². The number of rotatable bonds is 2. The number of piperidine rings is 1. The first kappa shape index (κ1) is 20.2. The number of amides is 1. The molecule has 1 amide bonds. The van der Waals surface area contributed by atoms with Crippen LogP contribution in [0.1, 0.15) is 50.8 Å². The minimum Gasteiger partial charge on any atom is -0.444 e. The number of carbonyl (C=O) groups excluding carboxylic acids is 1. The topological polar surface area (TPSA) is 94.2 Å². The van der Waals surface area contributed by atoms with Gasteiger partial charge in [-0.05, 0) is 69.7 Å². The second-order valence-electron chi connectivity index (χ2n) is 9.07. The molecule has 1 saturated carbocycles. The van der Waals surface area contributed by atoms with Crippen molar-refractivity contribution in [1.29, 1.82) is 0 Å². The first-order valence-corrected chi connectivity index (χ1v) is 10.6. The molecule has 2 fully saturated rings. The zero-order valence-electron chi connectivity index (χ0n) is 18.2. The van der Waals surface area contributed by atoms with E-state index in [0.29, 0.717) is 35.6 Å². The lowest BCUT2D eigenvalue weighted by molar-refractivity contribution is 0.0135. The first-order valence-electron chi connectivity index (χ1n) is 10.6. The van der Waals surface area contributed by atoms with E-state index in [1.54, 1.807) is 23.4 Å². The van der Waals surface area contributed by atoms with Crippen LogP contribution >= 0.6 is 0 Å².